The molecular formula is C27H22F3N3OS. The molecule has 1 aliphatic heterocycles. The van der Waals surface area contributed by atoms with Crippen molar-refractivity contribution < 1.29 is 18.0 Å². The minimum Gasteiger partial charge on any atom is -0.309 e. The molecule has 1 aliphatic carbocycles. The van der Waals surface area contributed by atoms with Gasteiger partial charge in [-0.15, -0.1) is 11.3 Å². The molecule has 0 spiro atoms. The Balaban J connectivity index is 1.85. The van der Waals surface area contributed by atoms with Gasteiger partial charge in [0.25, 0.3) is 0 Å². The van der Waals surface area contributed by atoms with Crippen LogP contribution >= 0.6 is 11.3 Å². The lowest BCUT2D eigenvalue weighted by molar-refractivity contribution is -0.137. The number of aromatic nitrogens is 1. The number of nitrogens with zero attached hydrogens (tertiary/aromatic N) is 3. The van der Waals surface area contributed by atoms with Crippen molar-refractivity contribution in [3.63, 3.8) is 0 Å². The number of alkyl halides is 3. The van der Waals surface area contributed by atoms with Crippen LogP contribution in [0.3, 0.4) is 0 Å². The lowest BCUT2D eigenvalue weighted by Crippen LogP contribution is -2.40. The van der Waals surface area contributed by atoms with E-state index in [2.05, 4.69) is 6.07 Å². The highest BCUT2D eigenvalue weighted by Crippen LogP contribution is 2.52. The van der Waals surface area contributed by atoms with Crippen LogP contribution in [0.25, 0.3) is 5.82 Å². The minimum atomic E-state index is -4.53. The molecule has 0 unspecified atom stereocenters. The van der Waals surface area contributed by atoms with E-state index in [4.69, 9.17) is 0 Å². The first-order chi connectivity index (χ1) is 16.6. The molecule has 178 valence electrons. The summed E-state index contributed by atoms with van der Waals surface area (Å²) in [6, 6.07) is 14.7. The molecule has 0 saturated heterocycles. The van der Waals surface area contributed by atoms with Crippen molar-refractivity contribution in [1.29, 1.82) is 5.26 Å². The van der Waals surface area contributed by atoms with Gasteiger partial charge < -0.3 is 4.57 Å². The van der Waals surface area contributed by atoms with Crippen molar-refractivity contribution in [2.24, 2.45) is 5.41 Å². The number of hydrogen-bond donors (Lipinski definition) is 0. The van der Waals surface area contributed by atoms with Crippen LogP contribution in [-0.4, -0.2) is 10.4 Å². The lowest BCUT2D eigenvalue weighted by atomic mass is 9.69. The Hall–Kier alpha value is -3.57. The van der Waals surface area contributed by atoms with E-state index >= 15 is 0 Å². The zero-order valence-corrected chi connectivity index (χ0v) is 20.0. The first-order valence-corrected chi connectivity index (χ1v) is 12.0. The zero-order chi connectivity index (χ0) is 25.0. The van der Waals surface area contributed by atoms with E-state index in [0.29, 0.717) is 35.5 Å². The quantitative estimate of drug-likeness (QED) is 0.387. The molecule has 0 amide bonds. The third-order valence-electron chi connectivity index (χ3n) is 6.43. The molecule has 8 heteroatoms. The molecule has 1 aromatic carbocycles. The number of anilines is 1. The van der Waals surface area contributed by atoms with Crippen molar-refractivity contribution in [2.75, 3.05) is 4.90 Å². The molecule has 0 radical (unpaired) electrons. The number of carbonyl (C=O) groups excluding carboxylic acids is 1. The third-order valence-corrected chi connectivity index (χ3v) is 7.36. The smallest absolute Gasteiger partial charge is 0.309 e. The Labute approximate surface area is 205 Å². The number of allylic oxidation sites excluding steroid dienone is 3. The molecule has 1 atom stereocenters. The van der Waals surface area contributed by atoms with Gasteiger partial charge in [0.05, 0.1) is 23.1 Å². The van der Waals surface area contributed by atoms with Crippen molar-refractivity contribution >= 4 is 28.6 Å². The second kappa shape index (κ2) is 8.28. The summed E-state index contributed by atoms with van der Waals surface area (Å²) >= 11 is 1.46. The monoisotopic (exact) mass is 493 g/mol. The Morgan fingerprint density at radius 1 is 1.09 bits per heavy atom. The fourth-order valence-corrected chi connectivity index (χ4v) is 5.88. The Bertz CT molecular complexity index is 1390. The summed E-state index contributed by atoms with van der Waals surface area (Å²) in [4.78, 5) is 16.2. The molecule has 0 fully saturated rings. The summed E-state index contributed by atoms with van der Waals surface area (Å²) < 4.78 is 42.7. The van der Waals surface area contributed by atoms with Crippen LogP contribution in [0, 0.1) is 16.7 Å². The molecular weight excluding hydrogens is 471 g/mol. The maximum atomic E-state index is 13.7. The van der Waals surface area contributed by atoms with Gasteiger partial charge in [-0.1, -0.05) is 26.0 Å². The Kier molecular flexibility index (Phi) is 5.48. The normalized spacial score (nSPS) is 20.2. The average Bonchev–Trinajstić information content (AvgIpc) is 3.50. The van der Waals surface area contributed by atoms with Crippen molar-refractivity contribution in [2.45, 2.75) is 38.8 Å². The first kappa shape index (κ1) is 23.2. The molecule has 2 aromatic heterocycles. The van der Waals surface area contributed by atoms with Gasteiger partial charge in [0.15, 0.2) is 5.78 Å². The number of halogens is 3. The van der Waals surface area contributed by atoms with E-state index in [9.17, 15) is 23.2 Å². The Morgan fingerprint density at radius 2 is 1.83 bits per heavy atom. The predicted molar refractivity (Wildman–Crippen MR) is 129 cm³/mol. The van der Waals surface area contributed by atoms with Crippen LogP contribution in [-0.2, 0) is 11.0 Å². The maximum absolute atomic E-state index is 13.7. The summed E-state index contributed by atoms with van der Waals surface area (Å²) in [5.74, 6) is -0.205. The SMILES string of the molecule is CC1(C)CC(=O)C2=C(C1)N(c1cccc(C(F)(F)F)c1)C(n1cccc1)=C(C#N)[C@@H]2c1cccs1. The molecule has 4 nitrogen and oxygen atoms in total. The second-order valence-electron chi connectivity index (χ2n) is 9.57. The summed E-state index contributed by atoms with van der Waals surface area (Å²) in [5, 5.41) is 12.3. The van der Waals surface area contributed by atoms with Crippen LogP contribution in [0.1, 0.15) is 43.0 Å². The number of Topliss-reactive ketones (excluding diaryl/α,β-unsaturated/α-hetero) is 1. The summed E-state index contributed by atoms with van der Waals surface area (Å²) in [6.45, 7) is 3.97. The average molecular weight is 494 g/mol. The Morgan fingerprint density at radius 3 is 2.46 bits per heavy atom. The van der Waals surface area contributed by atoms with Crippen molar-refractivity contribution in [1.82, 2.24) is 4.57 Å². The fraction of sp³-hybridized carbons (Fsp3) is 0.259. The van der Waals surface area contributed by atoms with Crippen LogP contribution in [0.2, 0.25) is 0 Å². The van der Waals surface area contributed by atoms with Crippen LogP contribution in [0.4, 0.5) is 18.9 Å². The summed E-state index contributed by atoms with van der Waals surface area (Å²) in [6.07, 6.45) is -0.211. The van der Waals surface area contributed by atoms with E-state index in [1.54, 1.807) is 40.1 Å². The van der Waals surface area contributed by atoms with Crippen LogP contribution < -0.4 is 4.90 Å². The number of nitriles is 1. The van der Waals surface area contributed by atoms with Gasteiger partial charge in [-0.2, -0.15) is 18.4 Å². The number of thiophene rings is 1. The molecule has 0 bridgehead atoms. The van der Waals surface area contributed by atoms with Gasteiger partial charge in [0.2, 0.25) is 0 Å². The van der Waals surface area contributed by atoms with Gasteiger partial charge in [0, 0.05) is 40.6 Å². The number of rotatable bonds is 3. The fourth-order valence-electron chi connectivity index (χ4n) is 5.03. The highest BCUT2D eigenvalue weighted by Gasteiger charge is 2.46. The van der Waals surface area contributed by atoms with Gasteiger partial charge in [-0.05, 0) is 53.6 Å². The lowest BCUT2D eigenvalue weighted by Gasteiger charge is -2.44. The van der Waals surface area contributed by atoms with Gasteiger partial charge in [-0.3, -0.25) is 9.69 Å². The van der Waals surface area contributed by atoms with E-state index in [0.717, 1.165) is 17.0 Å². The molecule has 5 rings (SSSR count). The van der Waals surface area contributed by atoms with Crippen molar-refractivity contribution in [3.05, 3.63) is 93.6 Å². The van der Waals surface area contributed by atoms with Crippen LogP contribution in [0.15, 0.2) is 83.1 Å². The molecule has 0 saturated carbocycles. The molecule has 3 heterocycles. The number of ketones is 1. The van der Waals surface area contributed by atoms with E-state index in [-0.39, 0.29) is 16.9 Å². The number of benzene rings is 1. The van der Waals surface area contributed by atoms with Crippen molar-refractivity contribution in [3.8, 4) is 6.07 Å². The molecule has 35 heavy (non-hydrogen) atoms. The minimum absolute atomic E-state index is 0.0778. The van der Waals surface area contributed by atoms with Crippen LogP contribution in [0.5, 0.6) is 0 Å². The molecule has 0 N–H and O–H groups in total. The van der Waals surface area contributed by atoms with Gasteiger partial charge in [0.1, 0.15) is 5.82 Å². The van der Waals surface area contributed by atoms with Gasteiger partial charge in [-0.25, -0.2) is 0 Å². The summed E-state index contributed by atoms with van der Waals surface area (Å²) in [5.41, 5.74) is 0.557. The van der Waals surface area contributed by atoms with Gasteiger partial charge >= 0.3 is 6.18 Å². The zero-order valence-electron chi connectivity index (χ0n) is 19.1. The van der Waals surface area contributed by atoms with E-state index in [1.165, 1.54) is 17.4 Å². The van der Waals surface area contributed by atoms with E-state index in [1.807, 2.05) is 31.4 Å². The van der Waals surface area contributed by atoms with E-state index < -0.39 is 17.7 Å². The highest BCUT2D eigenvalue weighted by molar-refractivity contribution is 7.10. The predicted octanol–water partition coefficient (Wildman–Crippen LogP) is 7.21. The number of hydrogen-bond acceptors (Lipinski definition) is 4. The molecule has 2 aliphatic rings. The third kappa shape index (κ3) is 4.00. The topological polar surface area (TPSA) is 49.0 Å². The molecule has 3 aromatic rings. The largest absolute Gasteiger partial charge is 0.416 e. The first-order valence-electron chi connectivity index (χ1n) is 11.2. The highest BCUT2D eigenvalue weighted by atomic mass is 32.1. The summed E-state index contributed by atoms with van der Waals surface area (Å²) in [7, 11) is 0. The second-order valence-corrected chi connectivity index (χ2v) is 10.6. The number of carbonyl (C=O) groups is 1. The standard InChI is InChI=1S/C27H22F3N3OS/c1-26(2)14-20-24(21(34)15-26)23(22-9-6-12-35-22)19(16-31)25(32-10-3-4-11-32)33(20)18-8-5-7-17(13-18)27(28,29)30/h3-13,23H,14-15H2,1-2H3/t23-/m1/s1. The maximum Gasteiger partial charge on any atom is 0.416 e.